The summed E-state index contributed by atoms with van der Waals surface area (Å²) >= 11 is 3.35. The molecule has 0 heterocycles. The van der Waals surface area contributed by atoms with Crippen LogP contribution in [0.1, 0.15) is 35.7 Å². The fourth-order valence-corrected chi connectivity index (χ4v) is 4.86. The van der Waals surface area contributed by atoms with Gasteiger partial charge in [-0.1, -0.05) is 47.0 Å². The summed E-state index contributed by atoms with van der Waals surface area (Å²) in [4.78, 5) is 25.0. The molecule has 0 unspecified atom stereocenters. The molecule has 1 N–H and O–H groups in total. The third-order valence-electron chi connectivity index (χ3n) is 5.15. The van der Waals surface area contributed by atoms with Crippen LogP contribution in [0, 0.1) is 6.92 Å². The predicted molar refractivity (Wildman–Crippen MR) is 140 cm³/mol. The highest BCUT2D eigenvalue weighted by molar-refractivity contribution is 9.10. The van der Waals surface area contributed by atoms with Crippen LogP contribution in [0.15, 0.2) is 82.2 Å². The van der Waals surface area contributed by atoms with Crippen LogP contribution in [0.25, 0.3) is 0 Å². The standard InChI is InChI=1S/C26H27BrN2O5S/c1-3-4-17-34-26(31)20-7-11-22(12-8-20)28-25(30)18-29(23-13-9-21(27)10-14-23)35(32,33)24-15-5-19(2)6-16-24/h5-16H,3-4,17-18H2,1-2H3,(H,28,30). The zero-order valence-corrected chi connectivity index (χ0v) is 21.9. The molecule has 3 aromatic carbocycles. The van der Waals surface area contributed by atoms with E-state index in [9.17, 15) is 18.0 Å². The monoisotopic (exact) mass is 558 g/mol. The van der Waals surface area contributed by atoms with E-state index >= 15 is 0 Å². The number of carbonyl (C=O) groups is 2. The number of carbonyl (C=O) groups excluding carboxylic acids is 2. The fourth-order valence-electron chi connectivity index (χ4n) is 3.17. The maximum absolute atomic E-state index is 13.4. The van der Waals surface area contributed by atoms with Crippen molar-refractivity contribution in [3.8, 4) is 0 Å². The number of amides is 1. The molecule has 3 rings (SSSR count). The Bertz CT molecular complexity index is 1260. The van der Waals surface area contributed by atoms with E-state index in [1.54, 1.807) is 60.7 Å². The van der Waals surface area contributed by atoms with Gasteiger partial charge in [0.2, 0.25) is 5.91 Å². The Morgan fingerprint density at radius 3 is 2.17 bits per heavy atom. The molecule has 0 spiro atoms. The lowest BCUT2D eigenvalue weighted by molar-refractivity contribution is -0.114. The second kappa shape index (κ2) is 12.0. The number of benzene rings is 3. The minimum atomic E-state index is -4.00. The van der Waals surface area contributed by atoms with Gasteiger partial charge in [-0.25, -0.2) is 13.2 Å². The molecule has 0 bridgehead atoms. The Morgan fingerprint density at radius 2 is 1.57 bits per heavy atom. The van der Waals surface area contributed by atoms with Crippen molar-refractivity contribution in [2.24, 2.45) is 0 Å². The molecule has 0 fully saturated rings. The normalized spacial score (nSPS) is 11.1. The molecule has 0 atom stereocenters. The molecule has 9 heteroatoms. The van der Waals surface area contributed by atoms with Crippen molar-refractivity contribution in [3.05, 3.63) is 88.4 Å². The zero-order chi connectivity index (χ0) is 25.4. The molecule has 0 aliphatic heterocycles. The van der Waals surface area contributed by atoms with Crippen LogP contribution in [0.4, 0.5) is 11.4 Å². The van der Waals surface area contributed by atoms with E-state index < -0.39 is 28.4 Å². The van der Waals surface area contributed by atoms with Crippen LogP contribution in [0.2, 0.25) is 0 Å². The average Bonchev–Trinajstić information content (AvgIpc) is 2.84. The van der Waals surface area contributed by atoms with E-state index in [-0.39, 0.29) is 4.90 Å². The minimum Gasteiger partial charge on any atom is -0.462 e. The van der Waals surface area contributed by atoms with E-state index in [4.69, 9.17) is 4.74 Å². The first-order valence-electron chi connectivity index (χ1n) is 11.1. The highest BCUT2D eigenvalue weighted by atomic mass is 79.9. The number of nitrogens with zero attached hydrogens (tertiary/aromatic N) is 1. The maximum atomic E-state index is 13.4. The largest absolute Gasteiger partial charge is 0.462 e. The lowest BCUT2D eigenvalue weighted by atomic mass is 10.2. The van der Waals surface area contributed by atoms with E-state index in [1.165, 1.54) is 12.1 Å². The number of halogens is 1. The third kappa shape index (κ3) is 7.16. The molecular weight excluding hydrogens is 532 g/mol. The molecule has 0 aromatic heterocycles. The summed E-state index contributed by atoms with van der Waals surface area (Å²) in [6, 6.07) is 19.4. The Morgan fingerprint density at radius 1 is 0.943 bits per heavy atom. The van der Waals surface area contributed by atoms with E-state index in [2.05, 4.69) is 21.2 Å². The Balaban J connectivity index is 1.77. The number of anilines is 2. The summed E-state index contributed by atoms with van der Waals surface area (Å²) in [6.07, 6.45) is 1.72. The summed E-state index contributed by atoms with van der Waals surface area (Å²) in [7, 11) is -4.00. The first-order valence-corrected chi connectivity index (χ1v) is 13.4. The molecule has 184 valence electrons. The number of sulfonamides is 1. The summed E-state index contributed by atoms with van der Waals surface area (Å²) in [6.45, 7) is 3.80. The number of hydrogen-bond donors (Lipinski definition) is 1. The lowest BCUT2D eigenvalue weighted by Crippen LogP contribution is -2.38. The maximum Gasteiger partial charge on any atom is 0.338 e. The van der Waals surface area contributed by atoms with Crippen molar-refractivity contribution in [1.29, 1.82) is 0 Å². The van der Waals surface area contributed by atoms with Crippen LogP contribution in [-0.2, 0) is 19.6 Å². The van der Waals surface area contributed by atoms with Crippen molar-refractivity contribution in [1.82, 2.24) is 0 Å². The first kappa shape index (κ1) is 26.4. The van der Waals surface area contributed by atoms with Gasteiger partial charge in [0.15, 0.2) is 0 Å². The smallest absolute Gasteiger partial charge is 0.338 e. The van der Waals surface area contributed by atoms with Gasteiger partial charge < -0.3 is 10.1 Å². The molecule has 7 nitrogen and oxygen atoms in total. The second-order valence-corrected chi connectivity index (χ2v) is 10.7. The Labute approximate surface area is 214 Å². The molecule has 0 aliphatic rings. The first-order chi connectivity index (χ1) is 16.7. The number of aryl methyl sites for hydroxylation is 1. The van der Waals surface area contributed by atoms with Gasteiger partial charge >= 0.3 is 5.97 Å². The summed E-state index contributed by atoms with van der Waals surface area (Å²) in [5, 5.41) is 2.70. The highest BCUT2D eigenvalue weighted by Crippen LogP contribution is 2.26. The highest BCUT2D eigenvalue weighted by Gasteiger charge is 2.27. The van der Waals surface area contributed by atoms with E-state index in [0.717, 1.165) is 27.2 Å². The molecular formula is C26H27BrN2O5S. The summed E-state index contributed by atoms with van der Waals surface area (Å²) in [5.74, 6) is -0.955. The number of rotatable bonds is 10. The van der Waals surface area contributed by atoms with Gasteiger partial charge in [0, 0.05) is 10.2 Å². The number of unbranched alkanes of at least 4 members (excludes halogenated alkanes) is 1. The van der Waals surface area contributed by atoms with Crippen molar-refractivity contribution in [3.63, 3.8) is 0 Å². The molecule has 0 saturated heterocycles. The van der Waals surface area contributed by atoms with E-state index in [1.807, 2.05) is 13.8 Å². The quantitative estimate of drug-likeness (QED) is 0.260. The van der Waals surface area contributed by atoms with Gasteiger partial charge in [0.25, 0.3) is 10.0 Å². The van der Waals surface area contributed by atoms with Gasteiger partial charge in [-0.3, -0.25) is 9.10 Å². The number of hydrogen-bond acceptors (Lipinski definition) is 5. The topological polar surface area (TPSA) is 92.8 Å². The average molecular weight is 559 g/mol. The van der Waals surface area contributed by atoms with Crippen LogP contribution >= 0.6 is 15.9 Å². The molecule has 0 saturated carbocycles. The predicted octanol–water partition coefficient (Wildman–Crippen LogP) is 5.55. The Hall–Kier alpha value is -3.17. The molecule has 0 radical (unpaired) electrons. The van der Waals surface area contributed by atoms with Crippen LogP contribution < -0.4 is 9.62 Å². The second-order valence-electron chi connectivity index (χ2n) is 7.92. The van der Waals surface area contributed by atoms with Crippen molar-refractivity contribution in [2.45, 2.75) is 31.6 Å². The number of nitrogens with one attached hydrogen (secondary N) is 1. The molecule has 0 aliphatic carbocycles. The molecule has 35 heavy (non-hydrogen) atoms. The van der Waals surface area contributed by atoms with E-state index in [0.29, 0.717) is 23.5 Å². The Kier molecular flexibility index (Phi) is 9.06. The molecule has 1 amide bonds. The van der Waals surface area contributed by atoms with Crippen molar-refractivity contribution >= 4 is 49.2 Å². The van der Waals surface area contributed by atoms with Gasteiger partial charge in [0.1, 0.15) is 6.54 Å². The van der Waals surface area contributed by atoms with Crippen molar-refractivity contribution in [2.75, 3.05) is 22.8 Å². The van der Waals surface area contributed by atoms with Gasteiger partial charge in [-0.15, -0.1) is 0 Å². The van der Waals surface area contributed by atoms with Crippen molar-refractivity contribution < 1.29 is 22.7 Å². The zero-order valence-electron chi connectivity index (χ0n) is 19.5. The van der Waals surface area contributed by atoms with Gasteiger partial charge in [-0.2, -0.15) is 0 Å². The molecule has 3 aromatic rings. The third-order valence-corrected chi connectivity index (χ3v) is 7.46. The summed E-state index contributed by atoms with van der Waals surface area (Å²) < 4.78 is 33.9. The van der Waals surface area contributed by atoms with Crippen LogP contribution in [-0.4, -0.2) is 33.4 Å². The fraction of sp³-hybridized carbons (Fsp3) is 0.231. The lowest BCUT2D eigenvalue weighted by Gasteiger charge is -2.24. The number of esters is 1. The van der Waals surface area contributed by atoms with Crippen LogP contribution in [0.5, 0.6) is 0 Å². The SMILES string of the molecule is CCCCOC(=O)c1ccc(NC(=O)CN(c2ccc(Br)cc2)S(=O)(=O)c2ccc(C)cc2)cc1. The van der Waals surface area contributed by atoms with Gasteiger partial charge in [-0.05, 0) is 74.0 Å². The van der Waals surface area contributed by atoms with Gasteiger partial charge in [0.05, 0.1) is 22.8 Å². The minimum absolute atomic E-state index is 0.0877. The number of ether oxygens (including phenoxy) is 1. The van der Waals surface area contributed by atoms with Crippen LogP contribution in [0.3, 0.4) is 0 Å². The summed E-state index contributed by atoms with van der Waals surface area (Å²) in [5.41, 5.74) is 2.09.